The summed E-state index contributed by atoms with van der Waals surface area (Å²) in [6, 6.07) is 4.91. The molecule has 13 heteroatoms. The normalized spacial score (nSPS) is 11.5. The van der Waals surface area contributed by atoms with Gasteiger partial charge < -0.3 is 0 Å². The summed E-state index contributed by atoms with van der Waals surface area (Å²) < 4.78 is 30.5. The SMILES string of the molecule is Cc1cc(C)c(S(=O)(=O)On2nnc3c([N+](=O)[O-])cc([N+](=O)[O-])cc32)c(C)c1. The summed E-state index contributed by atoms with van der Waals surface area (Å²) in [6.45, 7) is 4.98. The fourth-order valence-corrected chi connectivity index (χ4v) is 4.24. The molecule has 3 aromatic rings. The quantitative estimate of drug-likeness (QED) is 0.455. The third-order valence-corrected chi connectivity index (χ3v) is 5.40. The third kappa shape index (κ3) is 3.22. The van der Waals surface area contributed by atoms with Crippen LogP contribution in [0.4, 0.5) is 11.4 Å². The lowest BCUT2D eigenvalue weighted by molar-refractivity contribution is -0.393. The Hall–Kier alpha value is -3.61. The smallest absolute Gasteiger partial charge is 0.264 e. The molecule has 1 heterocycles. The van der Waals surface area contributed by atoms with Gasteiger partial charge in [-0.3, -0.25) is 24.5 Å². The zero-order chi connectivity index (χ0) is 20.8. The Morgan fingerprint density at radius 3 is 2.14 bits per heavy atom. The standard InChI is InChI=1S/C15H13N5O7S/c1-8-4-9(2)15(10(3)5-8)28(25,26)27-18-12-6-11(19(21)22)7-13(20(23)24)14(12)16-17-18/h4-7H,1-3H3. The Labute approximate surface area is 157 Å². The van der Waals surface area contributed by atoms with Gasteiger partial charge in [0.1, 0.15) is 10.4 Å². The third-order valence-electron chi connectivity index (χ3n) is 3.92. The number of hydrogen-bond acceptors (Lipinski definition) is 9. The number of nitro benzene ring substituents is 2. The summed E-state index contributed by atoms with van der Waals surface area (Å²) in [4.78, 5) is 20.8. The molecule has 0 amide bonds. The number of nitro groups is 2. The van der Waals surface area contributed by atoms with E-state index in [-0.39, 0.29) is 15.9 Å². The Bertz CT molecular complexity index is 1230. The van der Waals surface area contributed by atoms with Gasteiger partial charge in [0.15, 0.2) is 5.52 Å². The summed E-state index contributed by atoms with van der Waals surface area (Å²) in [5, 5.41) is 29.2. The minimum absolute atomic E-state index is 0.0957. The van der Waals surface area contributed by atoms with Crippen molar-refractivity contribution >= 4 is 32.5 Å². The van der Waals surface area contributed by atoms with Crippen LogP contribution in [0, 0.1) is 41.0 Å². The van der Waals surface area contributed by atoms with Gasteiger partial charge in [0.25, 0.3) is 5.69 Å². The fraction of sp³-hybridized carbons (Fsp3) is 0.200. The highest BCUT2D eigenvalue weighted by atomic mass is 32.2. The summed E-state index contributed by atoms with van der Waals surface area (Å²) in [7, 11) is -4.40. The van der Waals surface area contributed by atoms with Crippen molar-refractivity contribution in [2.24, 2.45) is 0 Å². The Balaban J connectivity index is 2.18. The topological polar surface area (TPSA) is 160 Å². The van der Waals surface area contributed by atoms with E-state index in [1.54, 1.807) is 32.9 Å². The molecule has 0 aliphatic carbocycles. The number of rotatable bonds is 5. The van der Waals surface area contributed by atoms with Crippen molar-refractivity contribution in [1.82, 2.24) is 15.2 Å². The molecule has 0 radical (unpaired) electrons. The molecule has 12 nitrogen and oxygen atoms in total. The molecule has 0 unspecified atom stereocenters. The van der Waals surface area contributed by atoms with Crippen LogP contribution in [0.1, 0.15) is 16.7 Å². The van der Waals surface area contributed by atoms with Crippen molar-refractivity contribution < 1.29 is 22.5 Å². The summed E-state index contributed by atoms with van der Waals surface area (Å²) in [6.07, 6.45) is 0. The first-order valence-electron chi connectivity index (χ1n) is 7.72. The Kier molecular flexibility index (Phi) is 4.47. The minimum Gasteiger partial charge on any atom is -0.264 e. The molecule has 0 N–H and O–H groups in total. The molecule has 0 spiro atoms. The molecule has 0 saturated heterocycles. The van der Waals surface area contributed by atoms with Crippen LogP contribution < -0.4 is 4.28 Å². The molecular weight excluding hydrogens is 394 g/mol. The fourth-order valence-electron chi connectivity index (χ4n) is 2.96. The van der Waals surface area contributed by atoms with Crippen LogP contribution >= 0.6 is 0 Å². The van der Waals surface area contributed by atoms with Crippen molar-refractivity contribution in [2.75, 3.05) is 0 Å². The summed E-state index contributed by atoms with van der Waals surface area (Å²) in [5.74, 6) is 0. The van der Waals surface area contributed by atoms with Crippen LogP contribution in [0.2, 0.25) is 0 Å². The zero-order valence-corrected chi connectivity index (χ0v) is 15.6. The average molecular weight is 407 g/mol. The molecule has 0 aliphatic heterocycles. The van der Waals surface area contributed by atoms with Gasteiger partial charge in [-0.2, -0.15) is 8.42 Å². The number of fused-ring (bicyclic) bond motifs is 1. The molecule has 1 aromatic heterocycles. The number of aromatic nitrogens is 3. The van der Waals surface area contributed by atoms with Crippen molar-refractivity contribution in [1.29, 1.82) is 0 Å². The van der Waals surface area contributed by atoms with Crippen LogP contribution in [-0.4, -0.2) is 33.4 Å². The number of non-ortho nitro benzene ring substituents is 2. The predicted octanol–water partition coefficient (Wildman–Crippen LogP) is 1.99. The molecule has 0 aliphatic rings. The average Bonchev–Trinajstić information content (AvgIpc) is 2.94. The van der Waals surface area contributed by atoms with E-state index in [0.29, 0.717) is 22.0 Å². The molecule has 146 valence electrons. The summed E-state index contributed by atoms with van der Waals surface area (Å²) in [5.41, 5.74) is -0.287. The van der Waals surface area contributed by atoms with Crippen molar-refractivity contribution in [2.45, 2.75) is 25.7 Å². The van der Waals surface area contributed by atoms with Crippen LogP contribution in [0.5, 0.6) is 0 Å². The maximum absolute atomic E-state index is 12.8. The van der Waals surface area contributed by atoms with Gasteiger partial charge in [0, 0.05) is 6.07 Å². The van der Waals surface area contributed by atoms with Gasteiger partial charge in [0.2, 0.25) is 0 Å². The van der Waals surface area contributed by atoms with Crippen LogP contribution in [-0.2, 0) is 10.1 Å². The van der Waals surface area contributed by atoms with Crippen molar-refractivity contribution in [3.05, 3.63) is 61.2 Å². The van der Waals surface area contributed by atoms with Gasteiger partial charge >= 0.3 is 15.8 Å². The van der Waals surface area contributed by atoms with Gasteiger partial charge in [-0.25, -0.2) is 0 Å². The Morgan fingerprint density at radius 2 is 1.61 bits per heavy atom. The number of nitrogens with zero attached hydrogens (tertiary/aromatic N) is 5. The number of benzene rings is 2. The second kappa shape index (κ2) is 6.53. The summed E-state index contributed by atoms with van der Waals surface area (Å²) >= 11 is 0. The van der Waals surface area contributed by atoms with Gasteiger partial charge in [-0.15, -0.1) is 5.10 Å². The largest absolute Gasteiger partial charge is 0.359 e. The number of aryl methyl sites for hydroxylation is 3. The van der Waals surface area contributed by atoms with E-state index < -0.39 is 31.3 Å². The second-order valence-corrected chi connectivity index (χ2v) is 7.53. The van der Waals surface area contributed by atoms with E-state index in [4.69, 9.17) is 4.28 Å². The van der Waals surface area contributed by atoms with E-state index in [9.17, 15) is 28.6 Å². The van der Waals surface area contributed by atoms with Crippen LogP contribution in [0.3, 0.4) is 0 Å². The van der Waals surface area contributed by atoms with E-state index in [2.05, 4.69) is 10.3 Å². The van der Waals surface area contributed by atoms with Gasteiger partial charge in [-0.05, 0) is 37.1 Å². The molecule has 28 heavy (non-hydrogen) atoms. The highest BCUT2D eigenvalue weighted by Gasteiger charge is 2.28. The molecule has 0 atom stereocenters. The maximum Gasteiger partial charge on any atom is 0.359 e. The van der Waals surface area contributed by atoms with E-state index in [1.807, 2.05) is 0 Å². The first kappa shape index (κ1) is 19.2. The van der Waals surface area contributed by atoms with Gasteiger partial charge in [-0.1, -0.05) is 22.5 Å². The molecule has 0 bridgehead atoms. The molecular formula is C15H13N5O7S. The molecule has 0 saturated carbocycles. The molecule has 0 fully saturated rings. The van der Waals surface area contributed by atoms with E-state index in [0.717, 1.165) is 11.6 Å². The lowest BCUT2D eigenvalue weighted by Crippen LogP contribution is -2.23. The van der Waals surface area contributed by atoms with Crippen molar-refractivity contribution in [3.63, 3.8) is 0 Å². The lowest BCUT2D eigenvalue weighted by atomic mass is 10.1. The van der Waals surface area contributed by atoms with E-state index >= 15 is 0 Å². The maximum atomic E-state index is 12.8. The monoisotopic (exact) mass is 407 g/mol. The predicted molar refractivity (Wildman–Crippen MR) is 95.3 cm³/mol. The molecule has 2 aromatic carbocycles. The highest BCUT2D eigenvalue weighted by molar-refractivity contribution is 7.87. The van der Waals surface area contributed by atoms with Crippen molar-refractivity contribution in [3.8, 4) is 0 Å². The first-order chi connectivity index (χ1) is 13.0. The van der Waals surface area contributed by atoms with E-state index in [1.165, 1.54) is 0 Å². The van der Waals surface area contributed by atoms with Crippen LogP contribution in [0.25, 0.3) is 11.0 Å². The zero-order valence-electron chi connectivity index (χ0n) is 14.8. The minimum atomic E-state index is -4.40. The Morgan fingerprint density at radius 1 is 1.00 bits per heavy atom. The second-order valence-electron chi connectivity index (χ2n) is 6.07. The van der Waals surface area contributed by atoms with Crippen LogP contribution in [0.15, 0.2) is 29.2 Å². The highest BCUT2D eigenvalue weighted by Crippen LogP contribution is 2.30. The van der Waals surface area contributed by atoms with Gasteiger partial charge in [0.05, 0.1) is 15.9 Å². The lowest BCUT2D eigenvalue weighted by Gasteiger charge is -2.12. The first-order valence-corrected chi connectivity index (χ1v) is 9.13. The number of hydrogen-bond donors (Lipinski definition) is 0. The molecule has 3 rings (SSSR count).